The number of ether oxygens (including phenoxy) is 1. The molecule has 1 aliphatic heterocycles. The van der Waals surface area contributed by atoms with Crippen molar-refractivity contribution in [2.45, 2.75) is 64.8 Å². The van der Waals surface area contributed by atoms with Crippen LogP contribution in [0.15, 0.2) is 67.3 Å². The second kappa shape index (κ2) is 14.5. The van der Waals surface area contributed by atoms with Crippen molar-refractivity contribution in [3.05, 3.63) is 84.1 Å². The highest BCUT2D eigenvalue weighted by Gasteiger charge is 2.29. The summed E-state index contributed by atoms with van der Waals surface area (Å²) in [5.41, 5.74) is 6.14. The summed E-state index contributed by atoms with van der Waals surface area (Å²) in [7, 11) is 0. The van der Waals surface area contributed by atoms with Gasteiger partial charge in [-0.1, -0.05) is 56.5 Å². The van der Waals surface area contributed by atoms with E-state index in [0.717, 1.165) is 58.0 Å². The van der Waals surface area contributed by atoms with E-state index in [1.54, 1.807) is 12.1 Å². The second-order valence-electron chi connectivity index (χ2n) is 11.6. The van der Waals surface area contributed by atoms with Crippen LogP contribution in [0, 0.1) is 0 Å². The molecule has 1 amide bonds. The van der Waals surface area contributed by atoms with E-state index < -0.39 is 5.97 Å². The van der Waals surface area contributed by atoms with Crippen molar-refractivity contribution < 1.29 is 19.4 Å². The summed E-state index contributed by atoms with van der Waals surface area (Å²) in [6.45, 7) is 9.88. The zero-order valence-corrected chi connectivity index (χ0v) is 25.9. The Kier molecular flexibility index (Phi) is 10.3. The lowest BCUT2D eigenvalue weighted by molar-refractivity contribution is -0.135. The van der Waals surface area contributed by atoms with Gasteiger partial charge in [0.05, 0.1) is 41.2 Å². The Labute approximate surface area is 259 Å². The van der Waals surface area contributed by atoms with Crippen molar-refractivity contribution in [2.75, 3.05) is 26.3 Å². The van der Waals surface area contributed by atoms with Gasteiger partial charge in [-0.05, 0) is 79.6 Å². The predicted octanol–water partition coefficient (Wildman–Crippen LogP) is 8.08. The standard InChI is InChI=1S/C33H35N3O4.C4H8/c1-2-6-26-12-9-23-19-24(11-14-28(23)34-26)32-31(22-7-4-3-5-8-22)27-13-10-25(33(38)39)20-29(27)36(32)21-30(37)35-15-17-40-18-16-35;1-3-4-2/h2,6,9-14,19-20,22H,3-5,7-8,15-18,21H2,1H3,(H,38,39);3H,1,4H2,2H3/b6-2+;. The van der Waals surface area contributed by atoms with Crippen LogP contribution in [0.1, 0.15) is 79.9 Å². The molecule has 1 saturated carbocycles. The number of carboxylic acid groups (broad SMARTS) is 1. The van der Waals surface area contributed by atoms with E-state index in [1.807, 2.05) is 42.2 Å². The largest absolute Gasteiger partial charge is 0.478 e. The molecule has 3 heterocycles. The molecule has 0 bridgehead atoms. The number of nitrogens with zero attached hydrogens (tertiary/aromatic N) is 3. The minimum absolute atomic E-state index is 0.0239. The van der Waals surface area contributed by atoms with Crippen molar-refractivity contribution in [3.63, 3.8) is 0 Å². The maximum absolute atomic E-state index is 13.6. The van der Waals surface area contributed by atoms with Crippen LogP contribution in [0.5, 0.6) is 0 Å². The average Bonchev–Trinajstić information content (AvgIpc) is 3.38. The fourth-order valence-electron chi connectivity index (χ4n) is 6.39. The molecule has 1 saturated heterocycles. The summed E-state index contributed by atoms with van der Waals surface area (Å²) in [4.78, 5) is 32.3. The number of amides is 1. The van der Waals surface area contributed by atoms with Crippen molar-refractivity contribution in [2.24, 2.45) is 0 Å². The SMILES string of the molecule is C/C=C/c1ccc2cc(-c3c(C4CCCCC4)c4ccc(C(=O)O)cc4n3CC(=O)N3CCOCC3)ccc2n1.C=CCC. The normalized spacial score (nSPS) is 15.8. The van der Waals surface area contributed by atoms with Crippen molar-refractivity contribution >= 4 is 39.8 Å². The minimum atomic E-state index is -0.969. The van der Waals surface area contributed by atoms with Gasteiger partial charge in [0.1, 0.15) is 6.54 Å². The molecule has 0 atom stereocenters. The Balaban J connectivity index is 0.000000906. The zero-order chi connectivity index (χ0) is 31.1. The number of benzene rings is 2. The second-order valence-corrected chi connectivity index (χ2v) is 11.6. The van der Waals surface area contributed by atoms with Crippen LogP contribution in [-0.2, 0) is 16.1 Å². The molecule has 2 aliphatic rings. The highest BCUT2D eigenvalue weighted by atomic mass is 16.5. The topological polar surface area (TPSA) is 84.7 Å². The number of fused-ring (bicyclic) bond motifs is 2. The first kappa shape index (κ1) is 31.2. The molecule has 1 N–H and O–H groups in total. The summed E-state index contributed by atoms with van der Waals surface area (Å²) in [5.74, 6) is -0.591. The van der Waals surface area contributed by atoms with E-state index in [1.165, 1.54) is 24.8 Å². The number of aromatic carboxylic acids is 1. The average molecular weight is 594 g/mol. The van der Waals surface area contributed by atoms with Crippen molar-refractivity contribution in [3.8, 4) is 11.3 Å². The Hall–Kier alpha value is -4.23. The Morgan fingerprint density at radius 3 is 2.48 bits per heavy atom. The van der Waals surface area contributed by atoms with Gasteiger partial charge in [-0.3, -0.25) is 4.79 Å². The molecule has 7 heteroatoms. The fourth-order valence-corrected chi connectivity index (χ4v) is 6.39. The molecular formula is C37H43N3O4. The Morgan fingerprint density at radius 1 is 1.05 bits per heavy atom. The van der Waals surface area contributed by atoms with Crippen LogP contribution in [0.3, 0.4) is 0 Å². The van der Waals surface area contributed by atoms with Crippen LogP contribution in [-0.4, -0.2) is 57.7 Å². The summed E-state index contributed by atoms with van der Waals surface area (Å²) in [6, 6.07) is 15.8. The van der Waals surface area contributed by atoms with Gasteiger partial charge in [0.25, 0.3) is 0 Å². The minimum Gasteiger partial charge on any atom is -0.478 e. The molecule has 0 spiro atoms. The first-order valence-electron chi connectivity index (χ1n) is 15.8. The monoisotopic (exact) mass is 593 g/mol. The number of morpholine rings is 1. The van der Waals surface area contributed by atoms with Crippen molar-refractivity contribution in [1.82, 2.24) is 14.5 Å². The van der Waals surface area contributed by atoms with Gasteiger partial charge in [0, 0.05) is 23.9 Å². The summed E-state index contributed by atoms with van der Waals surface area (Å²) < 4.78 is 7.55. The Morgan fingerprint density at radius 2 is 1.80 bits per heavy atom. The molecule has 7 nitrogen and oxygen atoms in total. The number of carbonyl (C=O) groups is 2. The molecule has 1 aliphatic carbocycles. The van der Waals surface area contributed by atoms with Crippen LogP contribution < -0.4 is 0 Å². The molecule has 2 fully saturated rings. The van der Waals surface area contributed by atoms with E-state index in [0.29, 0.717) is 32.2 Å². The molecule has 230 valence electrons. The number of allylic oxidation sites excluding steroid dienone is 2. The number of rotatable bonds is 7. The summed E-state index contributed by atoms with van der Waals surface area (Å²) in [6.07, 6.45) is 12.7. The fraction of sp³-hybridized carbons (Fsp3) is 0.378. The maximum atomic E-state index is 13.6. The van der Waals surface area contributed by atoms with E-state index in [4.69, 9.17) is 9.72 Å². The number of carboxylic acids is 1. The molecule has 0 unspecified atom stereocenters. The van der Waals surface area contributed by atoms with Crippen LogP contribution in [0.25, 0.3) is 39.1 Å². The molecule has 2 aromatic heterocycles. The highest BCUT2D eigenvalue weighted by Crippen LogP contribution is 2.44. The van der Waals surface area contributed by atoms with E-state index in [-0.39, 0.29) is 18.0 Å². The summed E-state index contributed by atoms with van der Waals surface area (Å²) >= 11 is 0. The van der Waals surface area contributed by atoms with E-state index >= 15 is 0 Å². The number of hydrogen-bond donors (Lipinski definition) is 1. The molecular weight excluding hydrogens is 550 g/mol. The predicted molar refractivity (Wildman–Crippen MR) is 178 cm³/mol. The van der Waals surface area contributed by atoms with E-state index in [2.05, 4.69) is 42.3 Å². The van der Waals surface area contributed by atoms with Gasteiger partial charge in [-0.25, -0.2) is 9.78 Å². The van der Waals surface area contributed by atoms with Gasteiger partial charge in [0.2, 0.25) is 5.91 Å². The zero-order valence-electron chi connectivity index (χ0n) is 25.9. The van der Waals surface area contributed by atoms with Crippen LogP contribution in [0.4, 0.5) is 0 Å². The van der Waals surface area contributed by atoms with Gasteiger partial charge in [-0.15, -0.1) is 6.58 Å². The first-order valence-corrected chi connectivity index (χ1v) is 15.8. The van der Waals surface area contributed by atoms with E-state index in [9.17, 15) is 14.7 Å². The lowest BCUT2D eigenvalue weighted by atomic mass is 9.81. The molecule has 4 aromatic rings. The summed E-state index contributed by atoms with van der Waals surface area (Å²) in [5, 5.41) is 11.9. The van der Waals surface area contributed by atoms with Crippen LogP contribution in [0.2, 0.25) is 0 Å². The molecule has 0 radical (unpaired) electrons. The number of carbonyl (C=O) groups excluding carboxylic acids is 1. The van der Waals surface area contributed by atoms with Gasteiger partial charge >= 0.3 is 5.97 Å². The Bertz CT molecular complexity index is 1670. The van der Waals surface area contributed by atoms with Gasteiger partial charge in [-0.2, -0.15) is 0 Å². The number of aromatic nitrogens is 2. The highest BCUT2D eigenvalue weighted by molar-refractivity contribution is 6.00. The van der Waals surface area contributed by atoms with Crippen molar-refractivity contribution in [1.29, 1.82) is 0 Å². The quantitative estimate of drug-likeness (QED) is 0.219. The lowest BCUT2D eigenvalue weighted by Gasteiger charge is -2.28. The van der Waals surface area contributed by atoms with Crippen LogP contribution >= 0.6 is 0 Å². The first-order chi connectivity index (χ1) is 21.4. The molecule has 6 rings (SSSR count). The molecule has 44 heavy (non-hydrogen) atoms. The maximum Gasteiger partial charge on any atom is 0.335 e. The third kappa shape index (κ3) is 6.78. The number of pyridine rings is 1. The smallest absolute Gasteiger partial charge is 0.335 e. The van der Waals surface area contributed by atoms with Gasteiger partial charge in [0.15, 0.2) is 0 Å². The number of hydrogen-bond acceptors (Lipinski definition) is 4. The third-order valence-corrected chi connectivity index (χ3v) is 8.63. The van der Waals surface area contributed by atoms with Gasteiger partial charge < -0.3 is 19.3 Å². The lowest BCUT2D eigenvalue weighted by Crippen LogP contribution is -2.42. The molecule has 2 aromatic carbocycles. The third-order valence-electron chi connectivity index (χ3n) is 8.63.